The van der Waals surface area contributed by atoms with E-state index >= 15 is 0 Å². The van der Waals surface area contributed by atoms with Crippen LogP contribution in [-0.4, -0.2) is 36.3 Å². The van der Waals surface area contributed by atoms with Crippen LogP contribution in [0.5, 0.6) is 0 Å². The summed E-state index contributed by atoms with van der Waals surface area (Å²) in [5.41, 5.74) is 0. The molecule has 0 aliphatic carbocycles. The Labute approximate surface area is 70.9 Å². The maximum absolute atomic E-state index is 10.3. The first-order valence-corrected chi connectivity index (χ1v) is 3.47. The lowest BCUT2D eigenvalue weighted by molar-refractivity contribution is -0.231. The van der Waals surface area contributed by atoms with Crippen molar-refractivity contribution >= 4 is 5.91 Å². The van der Waals surface area contributed by atoms with Gasteiger partial charge < -0.3 is 14.9 Å². The zero-order valence-electron chi connectivity index (χ0n) is 7.39. The third-order valence-electron chi connectivity index (χ3n) is 0.567. The topological polar surface area (TPSA) is 91.5 Å². The average molecular weight is 178 g/mol. The fourth-order valence-corrected chi connectivity index (χ4v) is 0.286. The van der Waals surface area contributed by atoms with Crippen molar-refractivity contribution < 1.29 is 19.7 Å². The van der Waals surface area contributed by atoms with Gasteiger partial charge in [0.2, 0.25) is 0 Å². The zero-order chi connectivity index (χ0) is 9.98. The molecule has 6 heteroatoms. The summed E-state index contributed by atoms with van der Waals surface area (Å²) in [6, 6.07) is 0. The van der Waals surface area contributed by atoms with E-state index in [-0.39, 0.29) is 0 Å². The van der Waals surface area contributed by atoms with Gasteiger partial charge in [-0.05, 0) is 0 Å². The van der Waals surface area contributed by atoms with Crippen molar-refractivity contribution in [3.8, 4) is 0 Å². The van der Waals surface area contributed by atoms with Gasteiger partial charge in [0.15, 0.2) is 0 Å². The van der Waals surface area contributed by atoms with Gasteiger partial charge in [0.25, 0.3) is 12.4 Å². The van der Waals surface area contributed by atoms with E-state index in [9.17, 15) is 4.79 Å². The number of rotatable bonds is 3. The van der Waals surface area contributed by atoms with E-state index in [1.807, 2.05) is 13.8 Å². The molecule has 0 atom stereocenters. The molecule has 0 heterocycles. The summed E-state index contributed by atoms with van der Waals surface area (Å²) in [7, 11) is 1.33. The summed E-state index contributed by atoms with van der Waals surface area (Å²) in [5, 5.41) is 22.3. The SMILES string of the molecule is CC.CN=NC(=O)COC(O)O. The number of carbonyl (C=O) groups is 1. The Kier molecular flexibility index (Phi) is 11.6. The van der Waals surface area contributed by atoms with E-state index < -0.39 is 19.0 Å². The summed E-state index contributed by atoms with van der Waals surface area (Å²) in [5.74, 6) is -0.657. The van der Waals surface area contributed by atoms with Gasteiger partial charge in [-0.15, -0.1) is 5.11 Å². The van der Waals surface area contributed by atoms with Crippen LogP contribution in [0.1, 0.15) is 13.8 Å². The molecule has 0 aliphatic rings. The van der Waals surface area contributed by atoms with Gasteiger partial charge in [-0.25, -0.2) is 0 Å². The second-order valence-corrected chi connectivity index (χ2v) is 1.33. The zero-order valence-corrected chi connectivity index (χ0v) is 7.39. The number of hydrogen-bond donors (Lipinski definition) is 2. The van der Waals surface area contributed by atoms with Crippen molar-refractivity contribution in [2.45, 2.75) is 20.3 Å². The van der Waals surface area contributed by atoms with E-state index in [1.165, 1.54) is 7.05 Å². The lowest BCUT2D eigenvalue weighted by Gasteiger charge is -2.00. The minimum Gasteiger partial charge on any atom is -0.346 e. The molecule has 12 heavy (non-hydrogen) atoms. The van der Waals surface area contributed by atoms with Crippen LogP contribution in [0.4, 0.5) is 0 Å². The normalized spacial score (nSPS) is 9.83. The second-order valence-electron chi connectivity index (χ2n) is 1.33. The molecule has 0 saturated carbocycles. The Bertz CT molecular complexity index is 136. The first-order valence-electron chi connectivity index (χ1n) is 3.47. The van der Waals surface area contributed by atoms with E-state index in [4.69, 9.17) is 10.2 Å². The van der Waals surface area contributed by atoms with E-state index in [1.54, 1.807) is 0 Å². The number of ether oxygens (including phenoxy) is 1. The molecule has 0 saturated heterocycles. The van der Waals surface area contributed by atoms with Gasteiger partial charge in [0.05, 0.1) is 0 Å². The molecule has 2 N–H and O–H groups in total. The fourth-order valence-electron chi connectivity index (χ4n) is 0.286. The van der Waals surface area contributed by atoms with Gasteiger partial charge in [-0.2, -0.15) is 5.11 Å². The Morgan fingerprint density at radius 2 is 2.00 bits per heavy atom. The van der Waals surface area contributed by atoms with Crippen LogP contribution in [0.15, 0.2) is 10.2 Å². The lowest BCUT2D eigenvalue weighted by atomic mass is 10.7. The number of aliphatic hydroxyl groups is 2. The Hall–Kier alpha value is -0.850. The molecular formula is C6H14N2O4. The van der Waals surface area contributed by atoms with Crippen molar-refractivity contribution in [3.05, 3.63) is 0 Å². The molecule has 0 bridgehead atoms. The second kappa shape index (κ2) is 10.2. The maximum atomic E-state index is 10.3. The summed E-state index contributed by atoms with van der Waals surface area (Å²) < 4.78 is 4.06. The molecule has 72 valence electrons. The van der Waals surface area contributed by atoms with Gasteiger partial charge in [0, 0.05) is 7.05 Å². The Balaban J connectivity index is 0. The van der Waals surface area contributed by atoms with Crippen LogP contribution in [-0.2, 0) is 9.53 Å². The Morgan fingerprint density at radius 1 is 1.50 bits per heavy atom. The number of carbonyl (C=O) groups excluding carboxylic acids is 1. The van der Waals surface area contributed by atoms with Crippen molar-refractivity contribution in [2.75, 3.05) is 13.7 Å². The highest BCUT2D eigenvalue weighted by Gasteiger charge is 2.01. The molecular weight excluding hydrogens is 164 g/mol. The highest BCUT2D eigenvalue weighted by Crippen LogP contribution is 1.83. The molecule has 0 aliphatic heterocycles. The van der Waals surface area contributed by atoms with Crippen molar-refractivity contribution in [1.82, 2.24) is 0 Å². The molecule has 0 aromatic carbocycles. The summed E-state index contributed by atoms with van der Waals surface area (Å²) in [6.07, 6.45) is 0. The monoisotopic (exact) mass is 178 g/mol. The molecule has 0 aromatic rings. The van der Waals surface area contributed by atoms with Crippen molar-refractivity contribution in [3.63, 3.8) is 0 Å². The maximum Gasteiger partial charge on any atom is 0.289 e. The predicted molar refractivity (Wildman–Crippen MR) is 41.3 cm³/mol. The molecule has 0 radical (unpaired) electrons. The molecule has 0 fully saturated rings. The summed E-state index contributed by atoms with van der Waals surface area (Å²) >= 11 is 0. The Morgan fingerprint density at radius 3 is 2.33 bits per heavy atom. The van der Waals surface area contributed by atoms with Crippen LogP contribution in [0.3, 0.4) is 0 Å². The molecule has 1 amide bonds. The minimum absolute atomic E-state index is 0.477. The lowest BCUT2D eigenvalue weighted by Crippen LogP contribution is -2.15. The van der Waals surface area contributed by atoms with Crippen LogP contribution in [0.25, 0.3) is 0 Å². The van der Waals surface area contributed by atoms with Gasteiger partial charge >= 0.3 is 0 Å². The number of nitrogens with zero attached hydrogens (tertiary/aromatic N) is 2. The number of hydrogen-bond acceptors (Lipinski definition) is 5. The smallest absolute Gasteiger partial charge is 0.289 e. The number of azo groups is 1. The van der Waals surface area contributed by atoms with Crippen LogP contribution in [0.2, 0.25) is 0 Å². The quantitative estimate of drug-likeness (QED) is 0.466. The first-order chi connectivity index (χ1) is 5.66. The summed E-state index contributed by atoms with van der Waals surface area (Å²) in [6.45, 7) is 1.59. The third-order valence-corrected chi connectivity index (χ3v) is 0.567. The third kappa shape index (κ3) is 11.9. The van der Waals surface area contributed by atoms with Gasteiger partial charge in [-0.1, -0.05) is 13.8 Å². The standard InChI is InChI=1S/C4H8N2O4.C2H6/c1-5-6-3(7)2-10-4(8)9;1-2/h4,8-9H,2H2,1H3;1-2H3. The number of amides is 1. The molecule has 0 aromatic heterocycles. The highest BCUT2D eigenvalue weighted by molar-refractivity contribution is 5.77. The van der Waals surface area contributed by atoms with Gasteiger partial charge in [-0.3, -0.25) is 4.79 Å². The predicted octanol–water partition coefficient (Wildman–Crippen LogP) is -0.0940. The molecule has 6 nitrogen and oxygen atoms in total. The molecule has 0 unspecified atom stereocenters. The van der Waals surface area contributed by atoms with Crippen LogP contribution >= 0.6 is 0 Å². The van der Waals surface area contributed by atoms with Crippen LogP contribution in [0, 0.1) is 0 Å². The highest BCUT2D eigenvalue weighted by atomic mass is 16.7. The van der Waals surface area contributed by atoms with Crippen molar-refractivity contribution in [2.24, 2.45) is 10.2 Å². The average Bonchev–Trinajstić information content (AvgIpc) is 2.05. The van der Waals surface area contributed by atoms with E-state index in [0.717, 1.165) is 0 Å². The first kappa shape index (κ1) is 13.7. The number of aliphatic hydroxyl groups excluding tert-OH is 1. The largest absolute Gasteiger partial charge is 0.346 e. The van der Waals surface area contributed by atoms with Crippen molar-refractivity contribution in [1.29, 1.82) is 0 Å². The molecule has 0 rings (SSSR count). The van der Waals surface area contributed by atoms with Crippen LogP contribution < -0.4 is 0 Å². The molecule has 0 spiro atoms. The summed E-state index contributed by atoms with van der Waals surface area (Å²) in [4.78, 5) is 10.3. The fraction of sp³-hybridized carbons (Fsp3) is 0.833. The van der Waals surface area contributed by atoms with E-state index in [0.29, 0.717) is 0 Å². The van der Waals surface area contributed by atoms with Gasteiger partial charge in [0.1, 0.15) is 6.61 Å². The minimum atomic E-state index is -1.93. The van der Waals surface area contributed by atoms with E-state index in [2.05, 4.69) is 15.0 Å².